The quantitative estimate of drug-likeness (QED) is 0.0577. The Morgan fingerprint density at radius 1 is 1.00 bits per heavy atom. The van der Waals surface area contributed by atoms with Gasteiger partial charge in [0.2, 0.25) is 0 Å². The van der Waals surface area contributed by atoms with Gasteiger partial charge in [0.25, 0.3) is 5.09 Å². The van der Waals surface area contributed by atoms with Gasteiger partial charge in [-0.1, -0.05) is 70.4 Å². The van der Waals surface area contributed by atoms with Crippen molar-refractivity contribution < 1.29 is 24.3 Å². The predicted octanol–water partition coefficient (Wildman–Crippen LogP) is 7.10. The van der Waals surface area contributed by atoms with E-state index in [2.05, 4.69) is 11.8 Å². The third-order valence-electron chi connectivity index (χ3n) is 5.77. The standard InChI is InChI=1S/C15H28O.C11H19NO5S/c1-2-3-4-5-6-11-15(16)13-12-14-9-7-8-10-14;1-2-3-4-5-6-11(13)16-7-9-18-10-8-17-12(14)15/h14H,2-13H2,1H3;2-3H,4-10H2,1H3/b;3-2-. The molecule has 0 heterocycles. The number of carbonyl (C=O) groups is 2. The van der Waals surface area contributed by atoms with Crippen molar-refractivity contribution in [1.82, 2.24) is 0 Å². The number of thioether (sulfide) groups is 1. The summed E-state index contributed by atoms with van der Waals surface area (Å²) < 4.78 is 4.99. The van der Waals surface area contributed by atoms with Crippen LogP contribution in [0.5, 0.6) is 0 Å². The molecule has 34 heavy (non-hydrogen) atoms. The number of unbranched alkanes of at least 4 members (excludes halogenated alkanes) is 5. The molecule has 8 heteroatoms. The summed E-state index contributed by atoms with van der Waals surface area (Å²) in [5.74, 6) is 2.34. The SMILES string of the molecule is C/C=C\CCCC(=O)OCCSCCO[N+](=O)[O-].CCCCCCCC(=O)CCC1CCCC1. The minimum absolute atomic E-state index is 0.0644. The molecule has 0 N–H and O–H groups in total. The Morgan fingerprint density at radius 2 is 1.71 bits per heavy atom. The van der Waals surface area contributed by atoms with Crippen LogP contribution in [0.4, 0.5) is 0 Å². The van der Waals surface area contributed by atoms with Crippen molar-refractivity contribution >= 4 is 23.5 Å². The van der Waals surface area contributed by atoms with E-state index >= 15 is 0 Å². The lowest BCUT2D eigenvalue weighted by atomic mass is 9.98. The molecule has 7 nitrogen and oxygen atoms in total. The molecule has 198 valence electrons. The lowest BCUT2D eigenvalue weighted by Gasteiger charge is -2.07. The highest BCUT2D eigenvalue weighted by molar-refractivity contribution is 7.99. The van der Waals surface area contributed by atoms with Crippen LogP contribution in [0.1, 0.15) is 110 Å². The number of ether oxygens (including phenoxy) is 1. The number of nitrogens with zero attached hydrogens (tertiary/aromatic N) is 1. The molecule has 1 aliphatic carbocycles. The summed E-state index contributed by atoms with van der Waals surface area (Å²) in [6, 6.07) is 0. The lowest BCUT2D eigenvalue weighted by Crippen LogP contribution is -2.08. The zero-order valence-electron chi connectivity index (χ0n) is 21.5. The monoisotopic (exact) mass is 501 g/mol. The molecule has 0 aromatic carbocycles. The minimum Gasteiger partial charge on any atom is -0.465 e. The van der Waals surface area contributed by atoms with E-state index < -0.39 is 5.09 Å². The van der Waals surface area contributed by atoms with Crippen LogP contribution in [0.2, 0.25) is 0 Å². The number of Topliss-reactive ketones (excluding diaryl/α,β-unsaturated/α-hetero) is 1. The first kappa shape index (κ1) is 32.4. The Morgan fingerprint density at radius 3 is 2.38 bits per heavy atom. The summed E-state index contributed by atoms with van der Waals surface area (Å²) in [5, 5.41) is 9.01. The second kappa shape index (κ2) is 24.6. The third-order valence-corrected chi connectivity index (χ3v) is 6.68. The molecule has 1 aliphatic rings. The van der Waals surface area contributed by atoms with Crippen LogP contribution in [-0.4, -0.2) is 41.6 Å². The summed E-state index contributed by atoms with van der Waals surface area (Å²) in [4.78, 5) is 36.8. The maximum Gasteiger partial charge on any atom is 0.305 e. The topological polar surface area (TPSA) is 95.7 Å². The first-order valence-electron chi connectivity index (χ1n) is 13.1. The molecule has 0 saturated heterocycles. The average Bonchev–Trinajstić information content (AvgIpc) is 3.34. The molecule has 0 aliphatic heterocycles. The lowest BCUT2D eigenvalue weighted by molar-refractivity contribution is -0.756. The van der Waals surface area contributed by atoms with Crippen LogP contribution >= 0.6 is 11.8 Å². The summed E-state index contributed by atoms with van der Waals surface area (Å²) in [6.07, 6.45) is 20.8. The van der Waals surface area contributed by atoms with E-state index in [-0.39, 0.29) is 12.6 Å². The van der Waals surface area contributed by atoms with Gasteiger partial charge in [-0.3, -0.25) is 9.59 Å². The Labute approximate surface area is 210 Å². The van der Waals surface area contributed by atoms with Gasteiger partial charge in [0, 0.05) is 30.8 Å². The van der Waals surface area contributed by atoms with Crippen molar-refractivity contribution in [1.29, 1.82) is 0 Å². The van der Waals surface area contributed by atoms with Gasteiger partial charge < -0.3 is 9.57 Å². The van der Waals surface area contributed by atoms with Crippen molar-refractivity contribution in [3.05, 3.63) is 22.3 Å². The number of ketones is 1. The van der Waals surface area contributed by atoms with Crippen LogP contribution < -0.4 is 0 Å². The Bertz CT molecular complexity index is 549. The molecule has 0 unspecified atom stereocenters. The maximum atomic E-state index is 11.6. The van der Waals surface area contributed by atoms with E-state index in [1.54, 1.807) is 0 Å². The Kier molecular flexibility index (Phi) is 23.4. The van der Waals surface area contributed by atoms with Crippen molar-refractivity contribution in [3.8, 4) is 0 Å². The molecular formula is C26H47NO6S. The van der Waals surface area contributed by atoms with E-state index in [1.807, 2.05) is 19.1 Å². The van der Waals surface area contributed by atoms with Crippen molar-refractivity contribution in [2.24, 2.45) is 5.92 Å². The summed E-state index contributed by atoms with van der Waals surface area (Å²) in [7, 11) is 0. The zero-order chi connectivity index (χ0) is 25.3. The summed E-state index contributed by atoms with van der Waals surface area (Å²) in [6.45, 7) is 4.57. The largest absolute Gasteiger partial charge is 0.465 e. The maximum absolute atomic E-state index is 11.6. The van der Waals surface area contributed by atoms with Gasteiger partial charge in [-0.15, -0.1) is 10.1 Å². The highest BCUT2D eigenvalue weighted by Gasteiger charge is 2.15. The summed E-state index contributed by atoms with van der Waals surface area (Å²) in [5.41, 5.74) is 0. The Hall–Kier alpha value is -1.57. The second-order valence-electron chi connectivity index (χ2n) is 8.74. The van der Waals surface area contributed by atoms with Gasteiger partial charge in [-0.05, 0) is 38.5 Å². The number of allylic oxidation sites excluding steroid dienone is 2. The molecule has 0 aromatic rings. The van der Waals surface area contributed by atoms with Gasteiger partial charge >= 0.3 is 5.97 Å². The zero-order valence-corrected chi connectivity index (χ0v) is 22.3. The van der Waals surface area contributed by atoms with Crippen molar-refractivity contribution in [2.45, 2.75) is 110 Å². The molecule has 0 atom stereocenters. The van der Waals surface area contributed by atoms with Crippen molar-refractivity contribution in [3.63, 3.8) is 0 Å². The number of rotatable bonds is 20. The van der Waals surface area contributed by atoms with Gasteiger partial charge in [0.05, 0.1) is 0 Å². The molecule has 0 bridgehead atoms. The third kappa shape index (κ3) is 23.6. The van der Waals surface area contributed by atoms with Gasteiger partial charge in [-0.2, -0.15) is 11.8 Å². The van der Waals surface area contributed by atoms with Gasteiger partial charge in [-0.25, -0.2) is 0 Å². The second-order valence-corrected chi connectivity index (χ2v) is 9.97. The van der Waals surface area contributed by atoms with Crippen LogP contribution in [0.3, 0.4) is 0 Å². The molecule has 1 rings (SSSR count). The molecule has 1 fully saturated rings. The van der Waals surface area contributed by atoms with Crippen molar-refractivity contribution in [2.75, 3.05) is 24.7 Å². The van der Waals surface area contributed by atoms with E-state index in [9.17, 15) is 19.7 Å². The first-order valence-corrected chi connectivity index (χ1v) is 14.3. The van der Waals surface area contributed by atoms with Gasteiger partial charge in [0.1, 0.15) is 19.0 Å². The van der Waals surface area contributed by atoms with E-state index in [1.165, 1.54) is 69.5 Å². The highest BCUT2D eigenvalue weighted by atomic mass is 32.2. The number of hydrogen-bond donors (Lipinski definition) is 0. The Balaban J connectivity index is 0.000000644. The fraction of sp³-hybridized carbons (Fsp3) is 0.846. The molecule has 0 aromatic heterocycles. The molecular weight excluding hydrogens is 454 g/mol. The van der Waals surface area contributed by atoms with Gasteiger partial charge in [0.15, 0.2) is 0 Å². The minimum atomic E-state index is -0.814. The fourth-order valence-corrected chi connectivity index (χ4v) is 4.40. The first-order chi connectivity index (χ1) is 16.5. The normalized spacial score (nSPS) is 13.5. The highest BCUT2D eigenvalue weighted by Crippen LogP contribution is 2.28. The number of carbonyl (C=O) groups excluding carboxylic acids is 2. The van der Waals surface area contributed by atoms with E-state index in [4.69, 9.17) is 4.74 Å². The number of hydrogen-bond acceptors (Lipinski definition) is 7. The molecule has 1 saturated carbocycles. The van der Waals surface area contributed by atoms with Crippen LogP contribution in [0, 0.1) is 16.0 Å². The van der Waals surface area contributed by atoms with E-state index in [0.29, 0.717) is 30.3 Å². The molecule has 0 spiro atoms. The van der Waals surface area contributed by atoms with E-state index in [0.717, 1.165) is 38.0 Å². The van der Waals surface area contributed by atoms with Crippen LogP contribution in [0.15, 0.2) is 12.2 Å². The summed E-state index contributed by atoms with van der Waals surface area (Å²) >= 11 is 1.45. The molecule has 0 amide bonds. The van der Waals surface area contributed by atoms with Crippen LogP contribution in [-0.2, 0) is 19.2 Å². The smallest absolute Gasteiger partial charge is 0.305 e. The molecule has 0 radical (unpaired) electrons. The van der Waals surface area contributed by atoms with Crippen LogP contribution in [0.25, 0.3) is 0 Å². The number of esters is 1. The fourth-order valence-electron chi connectivity index (χ4n) is 3.81. The predicted molar refractivity (Wildman–Crippen MR) is 139 cm³/mol. The average molecular weight is 502 g/mol.